The van der Waals surface area contributed by atoms with Crippen molar-refractivity contribution in [2.24, 2.45) is 5.73 Å². The van der Waals surface area contributed by atoms with Gasteiger partial charge in [-0.3, -0.25) is 0 Å². The van der Waals surface area contributed by atoms with Crippen molar-refractivity contribution in [3.8, 4) is 0 Å². The Morgan fingerprint density at radius 3 is 2.15 bits per heavy atom. The Bertz CT molecular complexity index is 841. The molecule has 6 nitrogen and oxygen atoms in total. The zero-order chi connectivity index (χ0) is 18.6. The number of carbonyl (C=O) groups excluding carboxylic acids is 1. The number of sulfone groups is 1. The molecule has 0 radical (unpaired) electrons. The fraction of sp³-hybridized carbons (Fsp3) is 0.316. The summed E-state index contributed by atoms with van der Waals surface area (Å²) in [5.41, 5.74) is 7.56. The van der Waals surface area contributed by atoms with Gasteiger partial charge in [-0.1, -0.05) is 60.7 Å². The van der Waals surface area contributed by atoms with Crippen molar-refractivity contribution in [3.63, 3.8) is 0 Å². The van der Waals surface area contributed by atoms with Crippen LogP contribution in [0.1, 0.15) is 11.1 Å². The summed E-state index contributed by atoms with van der Waals surface area (Å²) in [7, 11) is -3.23. The highest BCUT2D eigenvalue weighted by molar-refractivity contribution is 7.91. The van der Waals surface area contributed by atoms with Crippen molar-refractivity contribution in [2.75, 3.05) is 11.5 Å². The highest BCUT2D eigenvalue weighted by Gasteiger charge is 2.42. The third kappa shape index (κ3) is 4.62. The fourth-order valence-electron chi connectivity index (χ4n) is 3.31. The van der Waals surface area contributed by atoms with Crippen LogP contribution in [0.15, 0.2) is 60.7 Å². The van der Waals surface area contributed by atoms with Crippen LogP contribution in [0.2, 0.25) is 0 Å². The van der Waals surface area contributed by atoms with Crippen molar-refractivity contribution >= 4 is 15.9 Å². The number of hydrogen-bond donors (Lipinski definition) is 2. The molecule has 1 saturated heterocycles. The standard InChI is InChI=1S/C19H23N3O3S/c20-19(23)22(12-16-9-5-2-6-10-16)18-14-26(24,25)13-17(18)21-11-15-7-3-1-4-8-15/h1-10,17-18,21H,11-14H2,(H2,20,23)/t17-,18+/m1/s1. The number of benzene rings is 2. The molecule has 0 saturated carbocycles. The molecule has 0 unspecified atom stereocenters. The van der Waals surface area contributed by atoms with E-state index in [0.717, 1.165) is 11.1 Å². The van der Waals surface area contributed by atoms with Gasteiger partial charge in [-0.2, -0.15) is 0 Å². The van der Waals surface area contributed by atoms with Crippen LogP contribution in [0, 0.1) is 0 Å². The van der Waals surface area contributed by atoms with Crippen LogP contribution in [-0.2, 0) is 22.9 Å². The molecular weight excluding hydrogens is 350 g/mol. The molecule has 0 spiro atoms. The maximum atomic E-state index is 12.2. The van der Waals surface area contributed by atoms with Gasteiger partial charge in [-0.25, -0.2) is 13.2 Å². The van der Waals surface area contributed by atoms with E-state index >= 15 is 0 Å². The van der Waals surface area contributed by atoms with Gasteiger partial charge in [0.2, 0.25) is 0 Å². The van der Waals surface area contributed by atoms with Crippen molar-refractivity contribution in [1.29, 1.82) is 0 Å². The van der Waals surface area contributed by atoms with E-state index in [1.165, 1.54) is 4.90 Å². The van der Waals surface area contributed by atoms with Crippen LogP contribution in [0.5, 0.6) is 0 Å². The van der Waals surface area contributed by atoms with E-state index in [2.05, 4.69) is 5.32 Å². The molecule has 2 aromatic carbocycles. The number of rotatable bonds is 6. The number of nitrogens with two attached hydrogens (primary N) is 1. The van der Waals surface area contributed by atoms with Crippen molar-refractivity contribution < 1.29 is 13.2 Å². The molecule has 0 bridgehead atoms. The average Bonchev–Trinajstić information content (AvgIpc) is 2.94. The lowest BCUT2D eigenvalue weighted by molar-refractivity contribution is 0.174. The number of carbonyl (C=O) groups is 1. The maximum Gasteiger partial charge on any atom is 0.315 e. The minimum atomic E-state index is -3.23. The monoisotopic (exact) mass is 373 g/mol. The Balaban J connectivity index is 1.77. The Morgan fingerprint density at radius 2 is 1.58 bits per heavy atom. The summed E-state index contributed by atoms with van der Waals surface area (Å²) in [5, 5.41) is 3.30. The molecule has 3 rings (SSSR count). The molecule has 26 heavy (non-hydrogen) atoms. The molecule has 2 aromatic rings. The second-order valence-corrected chi connectivity index (χ2v) is 8.72. The molecule has 2 atom stereocenters. The molecule has 1 aliphatic heterocycles. The normalized spacial score (nSPS) is 21.4. The van der Waals surface area contributed by atoms with Crippen LogP contribution in [0.25, 0.3) is 0 Å². The Labute approximate surface area is 153 Å². The summed E-state index contributed by atoms with van der Waals surface area (Å²) < 4.78 is 24.4. The van der Waals surface area contributed by atoms with Crippen LogP contribution < -0.4 is 11.1 Å². The summed E-state index contributed by atoms with van der Waals surface area (Å²) in [6.07, 6.45) is 0. The summed E-state index contributed by atoms with van der Waals surface area (Å²) in [6.45, 7) is 0.829. The van der Waals surface area contributed by atoms with Gasteiger partial charge in [0.25, 0.3) is 0 Å². The zero-order valence-electron chi connectivity index (χ0n) is 14.4. The quantitative estimate of drug-likeness (QED) is 0.803. The van der Waals surface area contributed by atoms with E-state index in [-0.39, 0.29) is 17.5 Å². The van der Waals surface area contributed by atoms with Gasteiger partial charge in [0.15, 0.2) is 9.84 Å². The average molecular weight is 373 g/mol. The number of nitrogens with one attached hydrogen (secondary N) is 1. The molecule has 7 heteroatoms. The van der Waals surface area contributed by atoms with Gasteiger partial charge in [0.05, 0.1) is 17.5 Å². The van der Waals surface area contributed by atoms with Gasteiger partial charge in [0, 0.05) is 19.1 Å². The molecule has 1 fully saturated rings. The first-order chi connectivity index (χ1) is 12.4. The molecule has 1 aliphatic rings. The lowest BCUT2D eigenvalue weighted by atomic mass is 10.1. The van der Waals surface area contributed by atoms with Crippen molar-refractivity contribution in [2.45, 2.75) is 25.2 Å². The van der Waals surface area contributed by atoms with E-state index < -0.39 is 21.9 Å². The van der Waals surface area contributed by atoms with Crippen LogP contribution in [0.4, 0.5) is 4.79 Å². The lowest BCUT2D eigenvalue weighted by Crippen LogP contribution is -2.52. The second kappa shape index (κ2) is 7.88. The molecule has 3 N–H and O–H groups in total. The van der Waals surface area contributed by atoms with Crippen LogP contribution in [0.3, 0.4) is 0 Å². The maximum absolute atomic E-state index is 12.2. The van der Waals surface area contributed by atoms with E-state index in [1.54, 1.807) is 0 Å². The Hall–Kier alpha value is -2.38. The Morgan fingerprint density at radius 1 is 1.00 bits per heavy atom. The number of hydrogen-bond acceptors (Lipinski definition) is 4. The van der Waals surface area contributed by atoms with Crippen LogP contribution >= 0.6 is 0 Å². The lowest BCUT2D eigenvalue weighted by Gasteiger charge is -2.31. The summed E-state index contributed by atoms with van der Waals surface area (Å²) in [6, 6.07) is 17.7. The van der Waals surface area contributed by atoms with Gasteiger partial charge in [-0.05, 0) is 11.1 Å². The number of urea groups is 1. The van der Waals surface area contributed by atoms with Gasteiger partial charge >= 0.3 is 6.03 Å². The van der Waals surface area contributed by atoms with E-state index in [1.807, 2.05) is 60.7 Å². The predicted octanol–water partition coefficient (Wildman–Crippen LogP) is 1.52. The fourth-order valence-corrected chi connectivity index (χ4v) is 5.27. The molecule has 0 aromatic heterocycles. The van der Waals surface area contributed by atoms with Gasteiger partial charge in [-0.15, -0.1) is 0 Å². The first kappa shape index (κ1) is 18.4. The predicted molar refractivity (Wildman–Crippen MR) is 101 cm³/mol. The SMILES string of the molecule is NC(=O)N(Cc1ccccc1)[C@H]1CS(=O)(=O)C[C@H]1NCc1ccccc1. The van der Waals surface area contributed by atoms with Gasteiger partial charge < -0.3 is 16.0 Å². The molecule has 138 valence electrons. The minimum Gasteiger partial charge on any atom is -0.351 e. The van der Waals surface area contributed by atoms with E-state index in [0.29, 0.717) is 13.1 Å². The third-order valence-electron chi connectivity index (χ3n) is 4.61. The van der Waals surface area contributed by atoms with Crippen molar-refractivity contribution in [1.82, 2.24) is 10.2 Å². The summed E-state index contributed by atoms with van der Waals surface area (Å²) in [5.74, 6) is -0.0711. The van der Waals surface area contributed by atoms with Crippen molar-refractivity contribution in [3.05, 3.63) is 71.8 Å². The smallest absolute Gasteiger partial charge is 0.315 e. The van der Waals surface area contributed by atoms with Gasteiger partial charge in [0.1, 0.15) is 0 Å². The summed E-state index contributed by atoms with van der Waals surface area (Å²) in [4.78, 5) is 13.5. The van der Waals surface area contributed by atoms with Crippen LogP contribution in [-0.4, -0.2) is 42.9 Å². The third-order valence-corrected chi connectivity index (χ3v) is 6.33. The number of primary amides is 1. The zero-order valence-corrected chi connectivity index (χ0v) is 15.2. The number of amides is 2. The molecule has 0 aliphatic carbocycles. The van der Waals surface area contributed by atoms with E-state index in [9.17, 15) is 13.2 Å². The number of nitrogens with zero attached hydrogens (tertiary/aromatic N) is 1. The Kier molecular flexibility index (Phi) is 5.58. The highest BCUT2D eigenvalue weighted by Crippen LogP contribution is 2.21. The molecule has 2 amide bonds. The van der Waals surface area contributed by atoms with E-state index in [4.69, 9.17) is 5.73 Å². The molecular formula is C19H23N3O3S. The first-order valence-corrected chi connectivity index (χ1v) is 10.3. The first-order valence-electron chi connectivity index (χ1n) is 8.52. The second-order valence-electron chi connectivity index (χ2n) is 6.57. The minimum absolute atomic E-state index is 0.00305. The largest absolute Gasteiger partial charge is 0.351 e. The summed E-state index contributed by atoms with van der Waals surface area (Å²) >= 11 is 0. The molecule has 1 heterocycles. The highest BCUT2D eigenvalue weighted by atomic mass is 32.2. The topological polar surface area (TPSA) is 92.5 Å².